The fourth-order valence-corrected chi connectivity index (χ4v) is 3.67. The zero-order chi connectivity index (χ0) is 15.7. The van der Waals surface area contributed by atoms with Crippen molar-refractivity contribution in [3.8, 4) is 11.8 Å². The molecule has 2 atom stereocenters. The number of nitriles is 1. The van der Waals surface area contributed by atoms with Crippen LogP contribution in [-0.2, 0) is 9.59 Å². The minimum atomic E-state index is -1.04. The molecule has 2 aliphatic heterocycles. The van der Waals surface area contributed by atoms with Gasteiger partial charge in [0.1, 0.15) is 12.4 Å². The second-order valence-electron chi connectivity index (χ2n) is 4.92. The average Bonchev–Trinajstić information content (AvgIpc) is 2.52. The van der Waals surface area contributed by atoms with Crippen molar-refractivity contribution in [3.63, 3.8) is 0 Å². The first-order valence-corrected chi connectivity index (χ1v) is 7.57. The highest BCUT2D eigenvalue weighted by molar-refractivity contribution is 8.00. The standard InChI is InChI=1S/C15H12N2O4S/c16-6-9-1-3-10(4-2-9)21-8-12-11(15(19)20)7-17-13(18)5-14(17)22-12/h1-4,7,12,14H,5,8H2,(H,19,20)/t12?,14-/m1/s1. The molecule has 0 aliphatic carbocycles. The van der Waals surface area contributed by atoms with E-state index >= 15 is 0 Å². The zero-order valence-corrected chi connectivity index (χ0v) is 12.2. The highest BCUT2D eigenvalue weighted by Gasteiger charge is 2.43. The largest absolute Gasteiger partial charge is 0.492 e. The number of carbonyl (C=O) groups excluding carboxylic acids is 1. The van der Waals surface area contributed by atoms with Crippen LogP contribution < -0.4 is 4.74 Å². The molecule has 1 aromatic carbocycles. The van der Waals surface area contributed by atoms with Crippen molar-refractivity contribution < 1.29 is 19.4 Å². The molecule has 0 spiro atoms. The molecule has 6 nitrogen and oxygen atoms in total. The van der Waals surface area contributed by atoms with Crippen molar-refractivity contribution in [2.75, 3.05) is 6.61 Å². The smallest absolute Gasteiger partial charge is 0.334 e. The van der Waals surface area contributed by atoms with E-state index in [0.717, 1.165) is 0 Å². The molecule has 0 saturated carbocycles. The number of rotatable bonds is 4. The number of benzene rings is 1. The van der Waals surface area contributed by atoms with E-state index in [1.165, 1.54) is 22.9 Å². The lowest BCUT2D eigenvalue weighted by Crippen LogP contribution is -2.51. The quantitative estimate of drug-likeness (QED) is 0.848. The molecule has 1 unspecified atom stereocenters. The Labute approximate surface area is 131 Å². The van der Waals surface area contributed by atoms with E-state index in [0.29, 0.717) is 17.7 Å². The number of carbonyl (C=O) groups is 2. The third-order valence-electron chi connectivity index (χ3n) is 3.53. The first kappa shape index (κ1) is 14.5. The number of nitrogens with zero attached hydrogens (tertiary/aromatic N) is 2. The van der Waals surface area contributed by atoms with Crippen LogP contribution in [0.1, 0.15) is 12.0 Å². The van der Waals surface area contributed by atoms with Gasteiger partial charge in [0.2, 0.25) is 5.91 Å². The molecule has 1 amide bonds. The Kier molecular flexibility index (Phi) is 3.77. The van der Waals surface area contributed by atoms with E-state index < -0.39 is 5.97 Å². The third-order valence-corrected chi connectivity index (χ3v) is 4.95. The summed E-state index contributed by atoms with van der Waals surface area (Å²) in [6.07, 6.45) is 1.85. The Morgan fingerprint density at radius 1 is 1.45 bits per heavy atom. The number of β-lactam (4-membered cyclic amide) rings is 1. The molecular formula is C15H12N2O4S. The van der Waals surface area contributed by atoms with Gasteiger partial charge in [0, 0.05) is 6.20 Å². The van der Waals surface area contributed by atoms with Gasteiger partial charge in [-0.25, -0.2) is 4.79 Å². The van der Waals surface area contributed by atoms with Crippen LogP contribution in [0.4, 0.5) is 0 Å². The van der Waals surface area contributed by atoms with Gasteiger partial charge in [-0.3, -0.25) is 4.79 Å². The van der Waals surface area contributed by atoms with Gasteiger partial charge in [-0.05, 0) is 24.3 Å². The number of fused-ring (bicyclic) bond motifs is 1. The van der Waals surface area contributed by atoms with Crippen LogP contribution in [-0.4, -0.2) is 39.1 Å². The predicted molar refractivity (Wildman–Crippen MR) is 79.0 cm³/mol. The van der Waals surface area contributed by atoms with Crippen LogP contribution in [0.25, 0.3) is 0 Å². The lowest BCUT2D eigenvalue weighted by Gasteiger charge is -2.43. The summed E-state index contributed by atoms with van der Waals surface area (Å²) < 4.78 is 5.62. The molecule has 0 bridgehead atoms. The lowest BCUT2D eigenvalue weighted by molar-refractivity contribution is -0.138. The van der Waals surface area contributed by atoms with Gasteiger partial charge < -0.3 is 14.7 Å². The number of hydrogen-bond donors (Lipinski definition) is 1. The molecule has 112 valence electrons. The van der Waals surface area contributed by atoms with Crippen LogP contribution >= 0.6 is 11.8 Å². The molecule has 1 fully saturated rings. The molecule has 2 aliphatic rings. The average molecular weight is 316 g/mol. The van der Waals surface area contributed by atoms with Crippen LogP contribution in [0.5, 0.6) is 5.75 Å². The molecule has 0 aromatic heterocycles. The second kappa shape index (κ2) is 5.73. The van der Waals surface area contributed by atoms with Gasteiger partial charge in [-0.2, -0.15) is 5.26 Å². The summed E-state index contributed by atoms with van der Waals surface area (Å²) in [6.45, 7) is 0.202. The van der Waals surface area contributed by atoms with Gasteiger partial charge in [-0.15, -0.1) is 11.8 Å². The van der Waals surface area contributed by atoms with E-state index in [1.54, 1.807) is 24.3 Å². The SMILES string of the molecule is N#Cc1ccc(OCC2S[C@@H]3CC(=O)N3C=C2C(=O)O)cc1. The lowest BCUT2D eigenvalue weighted by atomic mass is 10.1. The van der Waals surface area contributed by atoms with Gasteiger partial charge >= 0.3 is 5.97 Å². The molecule has 1 saturated heterocycles. The van der Waals surface area contributed by atoms with Crippen molar-refractivity contribution in [2.24, 2.45) is 0 Å². The van der Waals surface area contributed by atoms with E-state index in [1.807, 2.05) is 6.07 Å². The fourth-order valence-electron chi connectivity index (χ4n) is 2.29. The molecular weight excluding hydrogens is 304 g/mol. The number of amides is 1. The molecule has 3 rings (SSSR count). The van der Waals surface area contributed by atoms with E-state index in [2.05, 4.69) is 0 Å². The summed E-state index contributed by atoms with van der Waals surface area (Å²) >= 11 is 1.43. The van der Waals surface area contributed by atoms with Crippen LogP contribution in [0.2, 0.25) is 0 Å². The number of hydrogen-bond acceptors (Lipinski definition) is 5. The van der Waals surface area contributed by atoms with Crippen LogP contribution in [0.15, 0.2) is 36.0 Å². The topological polar surface area (TPSA) is 90.6 Å². The third kappa shape index (κ3) is 2.65. The predicted octanol–water partition coefficient (Wildman–Crippen LogP) is 1.58. The molecule has 1 N–H and O–H groups in total. The van der Waals surface area contributed by atoms with Crippen molar-refractivity contribution in [1.29, 1.82) is 5.26 Å². The molecule has 7 heteroatoms. The van der Waals surface area contributed by atoms with Crippen molar-refractivity contribution in [1.82, 2.24) is 4.90 Å². The summed E-state index contributed by atoms with van der Waals surface area (Å²) in [5.74, 6) is -0.516. The summed E-state index contributed by atoms with van der Waals surface area (Å²) in [5.41, 5.74) is 0.706. The molecule has 2 heterocycles. The Morgan fingerprint density at radius 2 is 2.18 bits per heavy atom. The summed E-state index contributed by atoms with van der Waals surface area (Å²) in [4.78, 5) is 24.2. The van der Waals surface area contributed by atoms with Crippen LogP contribution in [0, 0.1) is 11.3 Å². The number of carboxylic acids is 1. The maximum absolute atomic E-state index is 11.4. The van der Waals surface area contributed by atoms with E-state index in [9.17, 15) is 14.7 Å². The van der Waals surface area contributed by atoms with Crippen molar-refractivity contribution >= 4 is 23.6 Å². The van der Waals surface area contributed by atoms with Crippen molar-refractivity contribution in [3.05, 3.63) is 41.6 Å². The maximum Gasteiger partial charge on any atom is 0.334 e. The Bertz CT molecular complexity index is 692. The highest BCUT2D eigenvalue weighted by Crippen LogP contribution is 2.40. The summed E-state index contributed by atoms with van der Waals surface area (Å²) in [7, 11) is 0. The fraction of sp³-hybridized carbons (Fsp3) is 0.267. The zero-order valence-electron chi connectivity index (χ0n) is 11.4. The highest BCUT2D eigenvalue weighted by atomic mass is 32.2. The number of thioether (sulfide) groups is 1. The number of ether oxygens (including phenoxy) is 1. The first-order chi connectivity index (χ1) is 10.6. The van der Waals surface area contributed by atoms with Gasteiger partial charge in [-0.1, -0.05) is 0 Å². The Hall–Kier alpha value is -2.46. The Balaban J connectivity index is 1.69. The van der Waals surface area contributed by atoms with Gasteiger partial charge in [0.15, 0.2) is 0 Å². The normalized spacial score (nSPS) is 23.0. The van der Waals surface area contributed by atoms with E-state index in [-0.39, 0.29) is 28.7 Å². The number of carboxylic acid groups (broad SMARTS) is 1. The minimum Gasteiger partial charge on any atom is -0.492 e. The minimum absolute atomic E-state index is 0.00478. The molecule has 1 aromatic rings. The van der Waals surface area contributed by atoms with E-state index in [4.69, 9.17) is 10.00 Å². The monoisotopic (exact) mass is 316 g/mol. The molecule has 0 radical (unpaired) electrons. The summed E-state index contributed by atoms with van der Waals surface area (Å²) in [6, 6.07) is 8.66. The van der Waals surface area contributed by atoms with Gasteiger partial charge in [0.25, 0.3) is 0 Å². The molecule has 22 heavy (non-hydrogen) atoms. The first-order valence-electron chi connectivity index (χ1n) is 6.63. The Morgan fingerprint density at radius 3 is 2.77 bits per heavy atom. The second-order valence-corrected chi connectivity index (χ2v) is 6.31. The summed E-state index contributed by atoms with van der Waals surface area (Å²) in [5, 5.41) is 17.7. The number of aliphatic carboxylic acids is 1. The van der Waals surface area contributed by atoms with Crippen molar-refractivity contribution in [2.45, 2.75) is 17.0 Å². The maximum atomic E-state index is 11.4. The van der Waals surface area contributed by atoms with Crippen LogP contribution in [0.3, 0.4) is 0 Å². The van der Waals surface area contributed by atoms with Gasteiger partial charge in [0.05, 0.1) is 34.3 Å².